The van der Waals surface area contributed by atoms with Crippen LogP contribution in [0.5, 0.6) is 0 Å². The molecule has 1 atom stereocenters. The van der Waals surface area contributed by atoms with Crippen molar-refractivity contribution >= 4 is 23.4 Å². The number of nitrogens with one attached hydrogen (secondary N) is 1. The Morgan fingerprint density at radius 3 is 2.31 bits per heavy atom. The van der Waals surface area contributed by atoms with Gasteiger partial charge in [-0.05, 0) is 48.2 Å². The molecule has 0 fully saturated rings. The van der Waals surface area contributed by atoms with Crippen molar-refractivity contribution in [1.82, 2.24) is 10.2 Å². The van der Waals surface area contributed by atoms with Crippen LogP contribution in [-0.4, -0.2) is 29.3 Å². The summed E-state index contributed by atoms with van der Waals surface area (Å²) in [4.78, 5) is 28.4. The zero-order valence-electron chi connectivity index (χ0n) is 18.6. The molecule has 0 heterocycles. The predicted octanol–water partition coefficient (Wildman–Crippen LogP) is 4.97. The van der Waals surface area contributed by atoms with Crippen LogP contribution in [0.4, 0.5) is 0 Å². The van der Waals surface area contributed by atoms with Gasteiger partial charge >= 0.3 is 0 Å². The van der Waals surface area contributed by atoms with Crippen molar-refractivity contribution in [2.75, 3.05) is 6.54 Å². The zero-order valence-corrected chi connectivity index (χ0v) is 19.3. The Hall–Kier alpha value is -3.11. The number of halogens is 1. The van der Waals surface area contributed by atoms with Crippen LogP contribution < -0.4 is 5.32 Å². The minimum atomic E-state index is -0.632. The fraction of sp³-hybridized carbons (Fsp3) is 0.259. The number of likely N-dealkylation sites (N-methyl/N-ethyl adjacent to an activating group) is 1. The summed E-state index contributed by atoms with van der Waals surface area (Å²) < 4.78 is 0. The van der Waals surface area contributed by atoms with E-state index >= 15 is 0 Å². The summed E-state index contributed by atoms with van der Waals surface area (Å²) in [6.07, 6.45) is 0.671. The van der Waals surface area contributed by atoms with Crippen LogP contribution >= 0.6 is 11.6 Å². The van der Waals surface area contributed by atoms with E-state index in [0.29, 0.717) is 24.5 Å². The van der Waals surface area contributed by atoms with Gasteiger partial charge in [0.05, 0.1) is 6.42 Å². The molecule has 0 aromatic heterocycles. The van der Waals surface area contributed by atoms with Crippen molar-refractivity contribution < 1.29 is 9.59 Å². The highest BCUT2D eigenvalue weighted by molar-refractivity contribution is 6.30. The normalized spacial score (nSPS) is 11.6. The third kappa shape index (κ3) is 6.44. The van der Waals surface area contributed by atoms with E-state index in [-0.39, 0.29) is 18.2 Å². The van der Waals surface area contributed by atoms with Crippen LogP contribution in [0.15, 0.2) is 78.9 Å². The lowest BCUT2D eigenvalue weighted by molar-refractivity contribution is -0.140. The second-order valence-corrected chi connectivity index (χ2v) is 8.29. The fourth-order valence-corrected chi connectivity index (χ4v) is 3.96. The van der Waals surface area contributed by atoms with Crippen LogP contribution in [-0.2, 0) is 29.0 Å². The molecule has 166 valence electrons. The van der Waals surface area contributed by atoms with E-state index in [0.717, 1.165) is 22.3 Å². The molecule has 2 amide bonds. The third-order valence-corrected chi connectivity index (χ3v) is 5.70. The first-order valence-corrected chi connectivity index (χ1v) is 11.3. The van der Waals surface area contributed by atoms with Gasteiger partial charge in [-0.25, -0.2) is 0 Å². The minimum absolute atomic E-state index is 0.0912. The molecular weight excluding hydrogens is 420 g/mol. The van der Waals surface area contributed by atoms with Gasteiger partial charge in [0, 0.05) is 24.5 Å². The smallest absolute Gasteiger partial charge is 0.243 e. The molecule has 5 heteroatoms. The van der Waals surface area contributed by atoms with Crippen LogP contribution in [0.1, 0.15) is 29.2 Å². The molecule has 3 aromatic carbocycles. The number of hydrogen-bond acceptors (Lipinski definition) is 2. The summed E-state index contributed by atoms with van der Waals surface area (Å²) in [5.41, 5.74) is 3.91. The highest BCUT2D eigenvalue weighted by atomic mass is 35.5. The summed E-state index contributed by atoms with van der Waals surface area (Å²) >= 11 is 6.20. The highest BCUT2D eigenvalue weighted by Crippen LogP contribution is 2.19. The Labute approximate surface area is 195 Å². The number of aryl methyl sites for hydroxylation is 1. The maximum absolute atomic E-state index is 13.6. The maximum Gasteiger partial charge on any atom is 0.243 e. The standard InChI is InChI=1S/C27H29ClN2O2/c1-3-29-27(32)25(17-21-11-5-4-6-12-21)30(19-22-13-9-15-24(28)16-22)26(31)18-23-14-8-7-10-20(23)2/h4-16,25H,3,17-19H2,1-2H3,(H,29,32). The molecule has 0 aliphatic heterocycles. The van der Waals surface area contributed by atoms with Crippen molar-refractivity contribution in [2.45, 2.75) is 39.3 Å². The quantitative estimate of drug-likeness (QED) is 0.502. The lowest BCUT2D eigenvalue weighted by Crippen LogP contribution is -2.51. The monoisotopic (exact) mass is 448 g/mol. The molecule has 0 saturated carbocycles. The Bertz CT molecular complexity index is 1050. The fourth-order valence-electron chi connectivity index (χ4n) is 3.75. The van der Waals surface area contributed by atoms with Crippen molar-refractivity contribution in [3.63, 3.8) is 0 Å². The number of amides is 2. The first-order valence-electron chi connectivity index (χ1n) is 10.9. The van der Waals surface area contributed by atoms with Crippen LogP contribution in [0.3, 0.4) is 0 Å². The lowest BCUT2D eigenvalue weighted by Gasteiger charge is -2.32. The van der Waals surface area contributed by atoms with E-state index in [1.807, 2.05) is 86.6 Å². The predicted molar refractivity (Wildman–Crippen MR) is 130 cm³/mol. The molecule has 1 N–H and O–H groups in total. The van der Waals surface area contributed by atoms with Gasteiger partial charge in [0.15, 0.2) is 0 Å². The van der Waals surface area contributed by atoms with Crippen molar-refractivity contribution in [3.8, 4) is 0 Å². The van der Waals surface area contributed by atoms with Gasteiger partial charge in [-0.3, -0.25) is 9.59 Å². The first-order chi connectivity index (χ1) is 15.5. The van der Waals surface area contributed by atoms with Gasteiger partial charge in [0.2, 0.25) is 11.8 Å². The molecule has 32 heavy (non-hydrogen) atoms. The summed E-state index contributed by atoms with van der Waals surface area (Å²) in [6, 6.07) is 24.4. The molecular formula is C27H29ClN2O2. The number of hydrogen-bond donors (Lipinski definition) is 1. The van der Waals surface area contributed by atoms with Crippen molar-refractivity contribution in [1.29, 1.82) is 0 Å². The van der Waals surface area contributed by atoms with E-state index in [1.54, 1.807) is 11.0 Å². The van der Waals surface area contributed by atoms with Gasteiger partial charge in [-0.1, -0.05) is 78.3 Å². The second-order valence-electron chi connectivity index (χ2n) is 7.85. The number of rotatable bonds is 9. The van der Waals surface area contributed by atoms with Gasteiger partial charge < -0.3 is 10.2 Å². The molecule has 0 aliphatic rings. The Balaban J connectivity index is 1.96. The molecule has 3 aromatic rings. The van der Waals surface area contributed by atoms with E-state index in [1.165, 1.54) is 0 Å². The molecule has 4 nitrogen and oxygen atoms in total. The van der Waals surface area contributed by atoms with Crippen LogP contribution in [0.25, 0.3) is 0 Å². The SMILES string of the molecule is CCNC(=O)C(Cc1ccccc1)N(Cc1cccc(Cl)c1)C(=O)Cc1ccccc1C. The molecule has 3 rings (SSSR count). The van der Waals surface area contributed by atoms with E-state index in [9.17, 15) is 9.59 Å². The zero-order chi connectivity index (χ0) is 22.9. The first kappa shape index (κ1) is 23.6. The average Bonchev–Trinajstić information content (AvgIpc) is 2.78. The van der Waals surface area contributed by atoms with E-state index in [2.05, 4.69) is 5.32 Å². The summed E-state index contributed by atoms with van der Waals surface area (Å²) in [6.45, 7) is 4.68. The highest BCUT2D eigenvalue weighted by Gasteiger charge is 2.30. The largest absolute Gasteiger partial charge is 0.355 e. The maximum atomic E-state index is 13.6. The molecule has 1 unspecified atom stereocenters. The van der Waals surface area contributed by atoms with Gasteiger partial charge in [-0.15, -0.1) is 0 Å². The Morgan fingerprint density at radius 2 is 1.62 bits per heavy atom. The van der Waals surface area contributed by atoms with Crippen molar-refractivity contribution in [2.24, 2.45) is 0 Å². The van der Waals surface area contributed by atoms with Crippen LogP contribution in [0.2, 0.25) is 5.02 Å². The Kier molecular flexibility index (Phi) is 8.46. The van der Waals surface area contributed by atoms with Crippen LogP contribution in [0, 0.1) is 6.92 Å². The topological polar surface area (TPSA) is 49.4 Å². The second kappa shape index (κ2) is 11.5. The number of nitrogens with zero attached hydrogens (tertiary/aromatic N) is 1. The van der Waals surface area contributed by atoms with Gasteiger partial charge in [0.1, 0.15) is 6.04 Å². The third-order valence-electron chi connectivity index (χ3n) is 5.47. The molecule has 0 aliphatic carbocycles. The Morgan fingerprint density at radius 1 is 0.938 bits per heavy atom. The number of carbonyl (C=O) groups excluding carboxylic acids is 2. The molecule has 0 bridgehead atoms. The molecule has 0 saturated heterocycles. The average molecular weight is 449 g/mol. The summed E-state index contributed by atoms with van der Waals surface area (Å²) in [7, 11) is 0. The molecule has 0 radical (unpaired) electrons. The molecule has 0 spiro atoms. The summed E-state index contributed by atoms with van der Waals surface area (Å²) in [5.74, 6) is -0.247. The minimum Gasteiger partial charge on any atom is -0.355 e. The van der Waals surface area contributed by atoms with Gasteiger partial charge in [0.25, 0.3) is 0 Å². The van der Waals surface area contributed by atoms with E-state index in [4.69, 9.17) is 11.6 Å². The van der Waals surface area contributed by atoms with Gasteiger partial charge in [-0.2, -0.15) is 0 Å². The number of carbonyl (C=O) groups is 2. The van der Waals surface area contributed by atoms with E-state index < -0.39 is 6.04 Å². The lowest BCUT2D eigenvalue weighted by atomic mass is 10.0. The number of benzene rings is 3. The summed E-state index contributed by atoms with van der Waals surface area (Å²) in [5, 5.41) is 3.52. The van der Waals surface area contributed by atoms with Crippen molar-refractivity contribution in [3.05, 3.63) is 106 Å².